The Kier molecular flexibility index (Phi) is 7.13. The predicted octanol–water partition coefficient (Wildman–Crippen LogP) is 4.28. The number of rotatable bonds is 6. The van der Waals surface area contributed by atoms with Crippen molar-refractivity contribution in [1.82, 2.24) is 19.1 Å². The Labute approximate surface area is 220 Å². The van der Waals surface area contributed by atoms with E-state index in [4.69, 9.17) is 9.72 Å². The van der Waals surface area contributed by atoms with E-state index in [9.17, 15) is 14.0 Å². The first-order valence-electron chi connectivity index (χ1n) is 12.8. The van der Waals surface area contributed by atoms with Crippen LogP contribution in [0.3, 0.4) is 0 Å². The largest absolute Gasteiger partial charge is 0.446 e. The van der Waals surface area contributed by atoms with Gasteiger partial charge in [0.2, 0.25) is 11.9 Å². The molecule has 3 heterocycles. The molecular formula is C28H31FN6O3. The minimum absolute atomic E-state index is 0.0635. The van der Waals surface area contributed by atoms with Gasteiger partial charge in [-0.1, -0.05) is 24.3 Å². The molecule has 1 saturated heterocycles. The lowest BCUT2D eigenvalue weighted by molar-refractivity contribution is 0.116. The molecule has 9 nitrogen and oxygen atoms in total. The van der Waals surface area contributed by atoms with Crippen LogP contribution < -0.4 is 15.4 Å². The van der Waals surface area contributed by atoms with Crippen LogP contribution in [0, 0.1) is 5.82 Å². The van der Waals surface area contributed by atoms with Crippen molar-refractivity contribution in [3.63, 3.8) is 0 Å². The molecule has 198 valence electrons. The van der Waals surface area contributed by atoms with Crippen molar-refractivity contribution in [3.8, 4) is 0 Å². The molecule has 1 aliphatic rings. The molecule has 0 N–H and O–H groups in total. The van der Waals surface area contributed by atoms with Gasteiger partial charge in [-0.25, -0.2) is 19.2 Å². The number of fused-ring (bicyclic) bond motifs is 1. The number of imidazole rings is 1. The van der Waals surface area contributed by atoms with Crippen molar-refractivity contribution < 1.29 is 13.9 Å². The van der Waals surface area contributed by atoms with E-state index in [-0.39, 0.29) is 23.9 Å². The lowest BCUT2D eigenvalue weighted by Gasteiger charge is -2.38. The number of halogens is 1. The first-order chi connectivity index (χ1) is 18.3. The molecule has 38 heavy (non-hydrogen) atoms. The van der Waals surface area contributed by atoms with Crippen LogP contribution in [0.2, 0.25) is 0 Å². The highest BCUT2D eigenvalue weighted by Crippen LogP contribution is 2.28. The van der Waals surface area contributed by atoms with Gasteiger partial charge in [0.1, 0.15) is 5.82 Å². The molecule has 10 heteroatoms. The summed E-state index contributed by atoms with van der Waals surface area (Å²) in [5.41, 5.74) is 2.45. The van der Waals surface area contributed by atoms with Gasteiger partial charge in [-0.3, -0.25) is 4.79 Å². The number of anilines is 2. The maximum Gasteiger partial charge on any atom is 0.424 e. The SMILES string of the molecule is CC(C)OC(=O)n1c(N(C)C2CCN(c3nc4ccccc4n3Cc3ccc(F)cc3)CC2)nccc1=O. The van der Waals surface area contributed by atoms with E-state index in [1.807, 2.05) is 36.2 Å². The van der Waals surface area contributed by atoms with Crippen LogP contribution in [0.15, 0.2) is 65.6 Å². The molecule has 5 rings (SSSR count). The Bertz CT molecular complexity index is 1490. The molecule has 0 amide bonds. The molecule has 2 aromatic carbocycles. The fourth-order valence-corrected chi connectivity index (χ4v) is 4.92. The summed E-state index contributed by atoms with van der Waals surface area (Å²) in [5, 5.41) is 0. The van der Waals surface area contributed by atoms with Gasteiger partial charge in [-0.05, 0) is 56.5 Å². The first-order valence-corrected chi connectivity index (χ1v) is 12.8. The van der Waals surface area contributed by atoms with Crippen LogP contribution in [0.1, 0.15) is 32.3 Å². The van der Waals surface area contributed by atoms with Crippen molar-refractivity contribution >= 4 is 29.0 Å². The van der Waals surface area contributed by atoms with Gasteiger partial charge in [0.25, 0.3) is 5.56 Å². The molecule has 0 spiro atoms. The molecule has 0 unspecified atom stereocenters. The van der Waals surface area contributed by atoms with Gasteiger partial charge in [0.05, 0.1) is 23.7 Å². The fourth-order valence-electron chi connectivity index (χ4n) is 4.92. The standard InChI is InChI=1S/C28H31FN6O3/c1-19(2)38-28(37)35-25(36)12-15-30-26(35)32(3)22-13-16-33(17-14-22)27-31-23-6-4-5-7-24(23)34(27)18-20-8-10-21(29)11-9-20/h4-12,15,19,22H,13-14,16-18H2,1-3H3. The minimum atomic E-state index is -0.730. The average Bonchev–Trinajstić information content (AvgIpc) is 3.27. The summed E-state index contributed by atoms with van der Waals surface area (Å²) in [6, 6.07) is 15.9. The zero-order valence-corrected chi connectivity index (χ0v) is 21.7. The normalized spacial score (nSPS) is 14.3. The van der Waals surface area contributed by atoms with Crippen molar-refractivity contribution in [2.45, 2.75) is 45.4 Å². The maximum atomic E-state index is 13.5. The van der Waals surface area contributed by atoms with E-state index in [1.165, 1.54) is 24.4 Å². The number of para-hydroxylation sites is 2. The minimum Gasteiger partial charge on any atom is -0.446 e. The molecular weight excluding hydrogens is 487 g/mol. The smallest absolute Gasteiger partial charge is 0.424 e. The van der Waals surface area contributed by atoms with Gasteiger partial charge in [-0.15, -0.1) is 0 Å². The van der Waals surface area contributed by atoms with Crippen LogP contribution in [0.4, 0.5) is 21.1 Å². The van der Waals surface area contributed by atoms with E-state index in [0.717, 1.165) is 53.0 Å². The van der Waals surface area contributed by atoms with E-state index in [2.05, 4.69) is 14.5 Å². The Morgan fingerprint density at radius 1 is 1.11 bits per heavy atom. The summed E-state index contributed by atoms with van der Waals surface area (Å²) in [6.45, 7) is 5.52. The predicted molar refractivity (Wildman–Crippen MR) is 144 cm³/mol. The summed E-state index contributed by atoms with van der Waals surface area (Å²) in [6.07, 6.45) is 1.89. The lowest BCUT2D eigenvalue weighted by atomic mass is 10.0. The Morgan fingerprint density at radius 3 is 2.53 bits per heavy atom. The third-order valence-corrected chi connectivity index (χ3v) is 6.85. The van der Waals surface area contributed by atoms with Crippen LogP contribution in [-0.2, 0) is 11.3 Å². The summed E-state index contributed by atoms with van der Waals surface area (Å²) in [5.74, 6) is 0.878. The average molecular weight is 519 g/mol. The van der Waals surface area contributed by atoms with Gasteiger partial charge in [0.15, 0.2) is 0 Å². The van der Waals surface area contributed by atoms with Crippen molar-refractivity contribution in [3.05, 3.63) is 82.5 Å². The maximum absolute atomic E-state index is 13.5. The third kappa shape index (κ3) is 5.11. The lowest BCUT2D eigenvalue weighted by Crippen LogP contribution is -2.46. The van der Waals surface area contributed by atoms with E-state index in [0.29, 0.717) is 6.54 Å². The van der Waals surface area contributed by atoms with E-state index < -0.39 is 11.7 Å². The highest BCUT2D eigenvalue weighted by molar-refractivity contribution is 5.79. The number of ether oxygens (including phenoxy) is 1. The highest BCUT2D eigenvalue weighted by Gasteiger charge is 2.29. The third-order valence-electron chi connectivity index (χ3n) is 6.85. The summed E-state index contributed by atoms with van der Waals surface area (Å²) < 4.78 is 21.9. The molecule has 2 aromatic heterocycles. The second kappa shape index (κ2) is 10.6. The topological polar surface area (TPSA) is 85.5 Å². The number of carbonyl (C=O) groups excluding carboxylic acids is 1. The van der Waals surface area contributed by atoms with Crippen molar-refractivity contribution in [2.75, 3.05) is 29.9 Å². The van der Waals surface area contributed by atoms with Crippen LogP contribution in [-0.4, -0.2) is 57.5 Å². The Hall–Kier alpha value is -4.21. The molecule has 0 aliphatic carbocycles. The molecule has 4 aromatic rings. The monoisotopic (exact) mass is 518 g/mol. The number of benzene rings is 2. The molecule has 0 radical (unpaired) electrons. The second-order valence-corrected chi connectivity index (χ2v) is 9.79. The first kappa shape index (κ1) is 25.4. The zero-order valence-electron chi connectivity index (χ0n) is 21.7. The molecule has 0 saturated carbocycles. The van der Waals surface area contributed by atoms with Crippen LogP contribution in [0.5, 0.6) is 0 Å². The Morgan fingerprint density at radius 2 is 1.82 bits per heavy atom. The molecule has 0 atom stereocenters. The van der Waals surface area contributed by atoms with Crippen LogP contribution in [0.25, 0.3) is 11.0 Å². The highest BCUT2D eigenvalue weighted by atomic mass is 19.1. The van der Waals surface area contributed by atoms with Crippen molar-refractivity contribution in [2.24, 2.45) is 0 Å². The zero-order chi connectivity index (χ0) is 26.8. The summed E-state index contributed by atoms with van der Waals surface area (Å²) >= 11 is 0. The number of carbonyl (C=O) groups is 1. The molecule has 1 fully saturated rings. The Balaban J connectivity index is 1.37. The van der Waals surface area contributed by atoms with Gasteiger partial charge >= 0.3 is 6.09 Å². The fraction of sp³-hybridized carbons (Fsp3) is 0.357. The quantitative estimate of drug-likeness (QED) is 0.377. The molecule has 1 aliphatic heterocycles. The number of aromatic nitrogens is 4. The number of nitrogens with zero attached hydrogens (tertiary/aromatic N) is 6. The van der Waals surface area contributed by atoms with Crippen molar-refractivity contribution in [1.29, 1.82) is 0 Å². The number of hydrogen-bond acceptors (Lipinski definition) is 7. The van der Waals surface area contributed by atoms with Crippen LogP contribution >= 0.6 is 0 Å². The van der Waals surface area contributed by atoms with E-state index in [1.54, 1.807) is 26.0 Å². The number of hydrogen-bond donors (Lipinski definition) is 0. The molecule has 0 bridgehead atoms. The van der Waals surface area contributed by atoms with Gasteiger partial charge in [0, 0.05) is 38.4 Å². The second-order valence-electron chi connectivity index (χ2n) is 9.79. The van der Waals surface area contributed by atoms with E-state index >= 15 is 0 Å². The van der Waals surface area contributed by atoms with Gasteiger partial charge in [-0.2, -0.15) is 4.57 Å². The summed E-state index contributed by atoms with van der Waals surface area (Å²) in [4.78, 5) is 38.6. The van der Waals surface area contributed by atoms with Gasteiger partial charge < -0.3 is 19.1 Å². The summed E-state index contributed by atoms with van der Waals surface area (Å²) in [7, 11) is 1.85. The number of piperidine rings is 1.